The normalized spacial score (nSPS) is 22.5. The second-order valence-electron chi connectivity index (χ2n) is 12.3. The summed E-state index contributed by atoms with van der Waals surface area (Å²) in [6.07, 6.45) is 9.38. The average Bonchev–Trinajstić information content (AvgIpc) is 3.71. The number of amides is 4. The van der Waals surface area contributed by atoms with E-state index >= 15 is 0 Å². The number of rotatable bonds is 8. The number of hydrogen-bond acceptors (Lipinski definition) is 7. The van der Waals surface area contributed by atoms with Crippen LogP contribution in [0.3, 0.4) is 0 Å². The van der Waals surface area contributed by atoms with Gasteiger partial charge in [-0.1, -0.05) is 36.0 Å². The number of anilines is 2. The van der Waals surface area contributed by atoms with E-state index in [-0.39, 0.29) is 23.9 Å². The molecule has 2 fully saturated rings. The minimum Gasteiger partial charge on any atom is -0.457 e. The zero-order valence-electron chi connectivity index (χ0n) is 25.9. The third-order valence-electron chi connectivity index (χ3n) is 9.05. The fourth-order valence-electron chi connectivity index (χ4n) is 6.78. The first kappa shape index (κ1) is 30.3. The molecule has 1 aromatic heterocycles. The summed E-state index contributed by atoms with van der Waals surface area (Å²) in [4.78, 5) is 50.7. The smallest absolute Gasteiger partial charge is 0.327 e. The molecule has 46 heavy (non-hydrogen) atoms. The van der Waals surface area contributed by atoms with Gasteiger partial charge in [0, 0.05) is 43.5 Å². The molecular weight excluding hydrogens is 600 g/mol. The molecule has 0 radical (unpaired) electrons. The number of aryl methyl sites for hydroxylation is 1. The molecule has 11 heteroatoms. The Kier molecular flexibility index (Phi) is 8.68. The van der Waals surface area contributed by atoms with Crippen LogP contribution in [0.25, 0.3) is 0 Å². The molecule has 2 saturated heterocycles. The van der Waals surface area contributed by atoms with Crippen molar-refractivity contribution in [3.63, 3.8) is 0 Å². The fraction of sp³-hybridized carbons (Fsp3) is 0.371. The Morgan fingerprint density at radius 1 is 1.04 bits per heavy atom. The lowest BCUT2D eigenvalue weighted by molar-refractivity contribution is -0.129. The van der Waals surface area contributed by atoms with Crippen molar-refractivity contribution in [3.05, 3.63) is 84.1 Å². The molecule has 3 atom stereocenters. The van der Waals surface area contributed by atoms with Crippen molar-refractivity contribution < 1.29 is 19.1 Å². The minimum atomic E-state index is -0.566. The Labute approximate surface area is 273 Å². The summed E-state index contributed by atoms with van der Waals surface area (Å²) < 4.78 is 6.00. The molecule has 4 aliphatic rings. The van der Waals surface area contributed by atoms with Crippen LogP contribution in [0.4, 0.5) is 16.2 Å². The van der Waals surface area contributed by atoms with E-state index in [1.807, 2.05) is 72.5 Å². The van der Waals surface area contributed by atoms with Gasteiger partial charge in [0.1, 0.15) is 21.8 Å². The topological polar surface area (TPSA) is 107 Å². The zero-order chi connectivity index (χ0) is 31.6. The van der Waals surface area contributed by atoms with Gasteiger partial charge in [-0.25, -0.2) is 9.78 Å². The third kappa shape index (κ3) is 6.21. The summed E-state index contributed by atoms with van der Waals surface area (Å²) in [6.45, 7) is 6.08. The molecule has 0 spiro atoms. The number of carbonyl (C=O) groups excluding carboxylic acids is 3. The summed E-state index contributed by atoms with van der Waals surface area (Å²) in [6, 6.07) is 16.1. The van der Waals surface area contributed by atoms with Gasteiger partial charge in [0.2, 0.25) is 11.8 Å². The molecule has 238 valence electrons. The number of nitrogens with one attached hydrogen (secondary N) is 2. The van der Waals surface area contributed by atoms with Gasteiger partial charge in [0.15, 0.2) is 0 Å². The average molecular weight is 639 g/mol. The van der Waals surface area contributed by atoms with E-state index in [0.29, 0.717) is 18.8 Å². The first-order valence-corrected chi connectivity index (χ1v) is 16.9. The molecule has 2 aromatic carbocycles. The maximum atomic E-state index is 13.7. The largest absolute Gasteiger partial charge is 0.457 e. The minimum absolute atomic E-state index is 0.00998. The molecule has 2 N–H and O–H groups in total. The summed E-state index contributed by atoms with van der Waals surface area (Å²) >= 11 is 1.38. The molecule has 5 heterocycles. The van der Waals surface area contributed by atoms with Gasteiger partial charge in [-0.15, -0.1) is 0 Å². The van der Waals surface area contributed by atoms with Crippen molar-refractivity contribution in [2.24, 2.45) is 0 Å². The number of para-hydroxylation sites is 1. The molecule has 10 nitrogen and oxygen atoms in total. The van der Waals surface area contributed by atoms with Gasteiger partial charge < -0.3 is 20.3 Å². The van der Waals surface area contributed by atoms with E-state index in [1.165, 1.54) is 24.6 Å². The predicted octanol–water partition coefficient (Wildman–Crippen LogP) is 5.32. The van der Waals surface area contributed by atoms with E-state index in [9.17, 15) is 14.4 Å². The summed E-state index contributed by atoms with van der Waals surface area (Å²) in [5.74, 6) is 1.24. The van der Waals surface area contributed by atoms with Crippen LogP contribution in [-0.4, -0.2) is 76.6 Å². The molecule has 4 amide bonds. The fourth-order valence-corrected chi connectivity index (χ4v) is 8.02. The number of ether oxygens (including phenoxy) is 1. The van der Waals surface area contributed by atoms with Gasteiger partial charge >= 0.3 is 6.03 Å². The SMILES string of the molecule is Cc1cc(Oc2ccccc2)ccc1N1C(=O)NC2c3c1ccnc3S[C@H]2C(=O)NC1CCCN(C(=O)/C=C/CN2CCCC2)C1. The van der Waals surface area contributed by atoms with Crippen LogP contribution in [0.15, 0.2) is 78.0 Å². The molecule has 3 aromatic rings. The first-order chi connectivity index (χ1) is 22.4. The standard InChI is InChI=1S/C35H38N6O4S/c1-23-21-26(45-25-10-3-2-4-11-25)13-14-27(23)41-28-15-16-36-34-30(28)31(38-35(41)44)32(46-34)33(43)37-24-9-7-20-40(22-24)29(42)12-8-19-39-17-5-6-18-39/h2-4,8,10-16,21,24,31-32H,5-7,9,17-20,22H2,1H3,(H,37,43)(H,38,44)/b12-8+/t24?,31?,32-/m1/s1. The van der Waals surface area contributed by atoms with E-state index in [1.54, 1.807) is 17.2 Å². The number of hydrogen-bond donors (Lipinski definition) is 2. The lowest BCUT2D eigenvalue weighted by Gasteiger charge is -2.36. The number of nitrogens with zero attached hydrogens (tertiary/aromatic N) is 4. The van der Waals surface area contributed by atoms with Crippen LogP contribution in [0, 0.1) is 6.92 Å². The second kappa shape index (κ2) is 13.2. The Balaban J connectivity index is 1.03. The monoisotopic (exact) mass is 638 g/mol. The highest BCUT2D eigenvalue weighted by Crippen LogP contribution is 2.51. The number of thioether (sulfide) groups is 1. The highest BCUT2D eigenvalue weighted by Gasteiger charge is 2.47. The van der Waals surface area contributed by atoms with E-state index in [4.69, 9.17) is 4.74 Å². The molecule has 7 rings (SSSR count). The van der Waals surface area contributed by atoms with Gasteiger partial charge in [-0.3, -0.25) is 19.4 Å². The predicted molar refractivity (Wildman–Crippen MR) is 178 cm³/mol. The number of aromatic nitrogens is 1. The van der Waals surface area contributed by atoms with E-state index < -0.39 is 11.3 Å². The van der Waals surface area contributed by atoms with Crippen molar-refractivity contribution in [1.29, 1.82) is 0 Å². The van der Waals surface area contributed by atoms with Crippen LogP contribution in [0.2, 0.25) is 0 Å². The van der Waals surface area contributed by atoms with E-state index in [0.717, 1.165) is 65.8 Å². The van der Waals surface area contributed by atoms with Gasteiger partial charge in [-0.2, -0.15) is 0 Å². The second-order valence-corrected chi connectivity index (χ2v) is 13.4. The highest BCUT2D eigenvalue weighted by molar-refractivity contribution is 8.01. The molecule has 0 aliphatic carbocycles. The number of benzene rings is 2. The molecular formula is C35H38N6O4S. The summed E-state index contributed by atoms with van der Waals surface area (Å²) in [5, 5.41) is 6.46. The first-order valence-electron chi connectivity index (χ1n) is 16.0. The number of pyridine rings is 1. The highest BCUT2D eigenvalue weighted by atomic mass is 32.2. The van der Waals surface area contributed by atoms with Crippen LogP contribution in [0.1, 0.15) is 42.9 Å². The summed E-state index contributed by atoms with van der Waals surface area (Å²) in [7, 11) is 0. The maximum absolute atomic E-state index is 13.7. The Hall–Kier alpha value is -4.35. The van der Waals surface area contributed by atoms with Crippen LogP contribution < -0.4 is 20.3 Å². The van der Waals surface area contributed by atoms with Gasteiger partial charge in [0.05, 0.1) is 17.4 Å². The van der Waals surface area contributed by atoms with Crippen LogP contribution in [0.5, 0.6) is 11.5 Å². The molecule has 4 aliphatic heterocycles. The van der Waals surface area contributed by atoms with Crippen LogP contribution >= 0.6 is 11.8 Å². The van der Waals surface area contributed by atoms with E-state index in [2.05, 4.69) is 20.5 Å². The van der Waals surface area contributed by atoms with Gasteiger partial charge in [0.25, 0.3) is 0 Å². The number of piperidine rings is 1. The number of urea groups is 1. The molecule has 0 saturated carbocycles. The van der Waals surface area contributed by atoms with Crippen molar-refractivity contribution in [2.45, 2.75) is 55.0 Å². The Morgan fingerprint density at radius 2 is 1.87 bits per heavy atom. The van der Waals surface area contributed by atoms with Crippen LogP contribution in [-0.2, 0) is 9.59 Å². The molecule has 0 bridgehead atoms. The number of carbonyl (C=O) groups is 3. The maximum Gasteiger partial charge on any atom is 0.327 e. The third-order valence-corrected chi connectivity index (χ3v) is 10.3. The van der Waals surface area contributed by atoms with Crippen molar-refractivity contribution in [1.82, 2.24) is 25.4 Å². The number of likely N-dealkylation sites (tertiary alicyclic amines) is 2. The molecule has 2 unspecified atom stereocenters. The van der Waals surface area contributed by atoms with Crippen molar-refractivity contribution in [2.75, 3.05) is 37.6 Å². The quantitative estimate of drug-likeness (QED) is 0.322. The van der Waals surface area contributed by atoms with Crippen molar-refractivity contribution in [3.8, 4) is 11.5 Å². The van der Waals surface area contributed by atoms with Gasteiger partial charge in [-0.05, 0) is 87.7 Å². The lowest BCUT2D eigenvalue weighted by atomic mass is 9.98. The lowest BCUT2D eigenvalue weighted by Crippen LogP contribution is -2.53. The zero-order valence-corrected chi connectivity index (χ0v) is 26.7. The Bertz CT molecular complexity index is 1660. The Morgan fingerprint density at radius 3 is 2.67 bits per heavy atom. The summed E-state index contributed by atoms with van der Waals surface area (Å²) in [5.41, 5.74) is 3.16. The van der Waals surface area contributed by atoms with Crippen molar-refractivity contribution >= 4 is 41.0 Å².